The van der Waals surface area contributed by atoms with E-state index in [0.717, 1.165) is 49.4 Å². The van der Waals surface area contributed by atoms with Crippen LogP contribution in [0.5, 0.6) is 0 Å². The number of thiazole rings is 1. The van der Waals surface area contributed by atoms with Crippen molar-refractivity contribution in [3.05, 3.63) is 46.2 Å². The van der Waals surface area contributed by atoms with Gasteiger partial charge >= 0.3 is 0 Å². The molecule has 3 aliphatic rings. The molecule has 0 N–H and O–H groups in total. The molecule has 1 saturated carbocycles. The Bertz CT molecular complexity index is 1550. The number of hydrogen-bond acceptors (Lipinski definition) is 9. The average Bonchev–Trinajstić information content (AvgIpc) is 3.39. The van der Waals surface area contributed by atoms with Gasteiger partial charge in [0.15, 0.2) is 10.9 Å². The van der Waals surface area contributed by atoms with Crippen LogP contribution in [0.15, 0.2) is 35.0 Å². The predicted molar refractivity (Wildman–Crippen MR) is 161 cm³/mol. The van der Waals surface area contributed by atoms with Crippen LogP contribution in [0.2, 0.25) is 0 Å². The molecule has 3 fully saturated rings. The third-order valence-corrected chi connectivity index (χ3v) is 9.14. The first-order chi connectivity index (χ1) is 20.4. The third kappa shape index (κ3) is 5.42. The topological polar surface area (TPSA) is 103 Å². The van der Waals surface area contributed by atoms with Crippen LogP contribution in [0.4, 0.5) is 21.2 Å². The number of carbonyl (C=O) groups is 1. The third-order valence-electron chi connectivity index (χ3n) is 8.11. The van der Waals surface area contributed by atoms with Gasteiger partial charge in [0.25, 0.3) is 0 Å². The molecule has 2 saturated heterocycles. The number of amides is 1. The molecule has 2 aromatic heterocycles. The largest absolute Gasteiger partial charge is 0.381 e. The minimum Gasteiger partial charge on any atom is -0.381 e. The van der Waals surface area contributed by atoms with E-state index in [0.29, 0.717) is 53.4 Å². The van der Waals surface area contributed by atoms with E-state index < -0.39 is 0 Å². The van der Waals surface area contributed by atoms with Gasteiger partial charge in [-0.1, -0.05) is 11.3 Å². The number of nitrogens with zero attached hydrogens (tertiary/aromatic N) is 8. The highest BCUT2D eigenvalue weighted by molar-refractivity contribution is 7.16. The van der Waals surface area contributed by atoms with Gasteiger partial charge in [-0.3, -0.25) is 4.79 Å². The van der Waals surface area contributed by atoms with Crippen molar-refractivity contribution in [1.29, 1.82) is 5.26 Å². The zero-order chi connectivity index (χ0) is 29.4. The highest BCUT2D eigenvalue weighted by Crippen LogP contribution is 2.45. The lowest BCUT2D eigenvalue weighted by atomic mass is 10.1. The van der Waals surface area contributed by atoms with E-state index in [-0.39, 0.29) is 23.7 Å². The van der Waals surface area contributed by atoms with E-state index in [4.69, 9.17) is 14.8 Å². The van der Waals surface area contributed by atoms with Gasteiger partial charge in [0.1, 0.15) is 28.3 Å². The molecule has 1 amide bonds. The Morgan fingerprint density at radius 2 is 1.93 bits per heavy atom. The lowest BCUT2D eigenvalue weighted by Crippen LogP contribution is -2.49. The Morgan fingerprint density at radius 1 is 1.21 bits per heavy atom. The van der Waals surface area contributed by atoms with Gasteiger partial charge in [0.2, 0.25) is 5.91 Å². The van der Waals surface area contributed by atoms with E-state index >= 15 is 0 Å². The first kappa shape index (κ1) is 28.1. The molecule has 10 nitrogen and oxygen atoms in total. The minimum absolute atomic E-state index is 0.0169. The average molecular weight is 589 g/mol. The summed E-state index contributed by atoms with van der Waals surface area (Å²) >= 11 is 1.28. The fourth-order valence-electron chi connectivity index (χ4n) is 5.57. The van der Waals surface area contributed by atoms with Crippen LogP contribution in [0.3, 0.4) is 0 Å². The van der Waals surface area contributed by atoms with Crippen molar-refractivity contribution >= 4 is 46.8 Å². The van der Waals surface area contributed by atoms with Crippen LogP contribution in [0.1, 0.15) is 42.7 Å². The highest BCUT2D eigenvalue weighted by Gasteiger charge is 2.34. The quantitative estimate of drug-likeness (QED) is 0.342. The molecule has 1 aliphatic carbocycles. The molecule has 0 bridgehead atoms. The molecular weight excluding hydrogens is 555 g/mol. The summed E-state index contributed by atoms with van der Waals surface area (Å²) in [6.07, 6.45) is 4.93. The Balaban J connectivity index is 1.29. The van der Waals surface area contributed by atoms with Crippen molar-refractivity contribution in [3.63, 3.8) is 0 Å². The van der Waals surface area contributed by atoms with Crippen molar-refractivity contribution in [2.45, 2.75) is 32.2 Å². The van der Waals surface area contributed by atoms with E-state index in [1.54, 1.807) is 12.1 Å². The van der Waals surface area contributed by atoms with Gasteiger partial charge in [0.05, 0.1) is 24.1 Å². The fraction of sp³-hybridized carbons (Fsp3) is 0.433. The predicted octanol–water partition coefficient (Wildman–Crippen LogP) is 4.99. The van der Waals surface area contributed by atoms with Crippen LogP contribution >= 0.6 is 11.3 Å². The van der Waals surface area contributed by atoms with Gasteiger partial charge in [-0.2, -0.15) is 10.4 Å². The molecule has 42 heavy (non-hydrogen) atoms. The second kappa shape index (κ2) is 11.7. The summed E-state index contributed by atoms with van der Waals surface area (Å²) in [5.41, 5.74) is 3.08. The molecule has 0 spiro atoms. The van der Waals surface area contributed by atoms with Gasteiger partial charge in [-0.05, 0) is 63.2 Å². The van der Waals surface area contributed by atoms with Crippen LogP contribution in [0, 0.1) is 23.1 Å². The molecule has 6 rings (SSSR count). The van der Waals surface area contributed by atoms with E-state index in [1.165, 1.54) is 23.5 Å². The van der Waals surface area contributed by atoms with Crippen molar-refractivity contribution in [3.8, 4) is 17.3 Å². The molecule has 0 unspecified atom stereocenters. The van der Waals surface area contributed by atoms with E-state index in [2.05, 4.69) is 35.7 Å². The summed E-state index contributed by atoms with van der Waals surface area (Å²) < 4.78 is 21.0. The number of aliphatic imine (C=N–C) groups is 1. The number of nitriles is 1. The molecule has 4 heterocycles. The van der Waals surface area contributed by atoms with Crippen LogP contribution in [-0.2, 0) is 9.53 Å². The van der Waals surface area contributed by atoms with Crippen LogP contribution in [-0.4, -0.2) is 83.6 Å². The number of rotatable bonds is 8. The standard InChI is InChI=1S/C30H33FN8O2S/c1-19(37-11-13-38(14-12-37)29(40)21-10-15-41-18-21)16-24-27(33-2)35-39(23-8-9-23)28(24)36(3)30-34-26(25(17-32)42-30)20-4-6-22(31)7-5-20/h4-7,16,21,23H,2,8-15,18H2,1,3H3/b19-16+/t21-/m0/s1. The number of aromatic nitrogens is 3. The highest BCUT2D eigenvalue weighted by atomic mass is 32.1. The van der Waals surface area contributed by atoms with Crippen molar-refractivity contribution in [1.82, 2.24) is 24.6 Å². The monoisotopic (exact) mass is 588 g/mol. The summed E-state index contributed by atoms with van der Waals surface area (Å²) in [7, 11) is 1.92. The zero-order valence-electron chi connectivity index (χ0n) is 23.8. The summed E-state index contributed by atoms with van der Waals surface area (Å²) in [5, 5.41) is 15.3. The second-order valence-corrected chi connectivity index (χ2v) is 11.9. The van der Waals surface area contributed by atoms with Crippen molar-refractivity contribution in [2.24, 2.45) is 10.9 Å². The summed E-state index contributed by atoms with van der Waals surface area (Å²) in [5.74, 6) is 1.21. The number of hydrogen-bond donors (Lipinski definition) is 0. The Labute approximate surface area is 248 Å². The van der Waals surface area contributed by atoms with Gasteiger partial charge in [0, 0.05) is 51.1 Å². The smallest absolute Gasteiger partial charge is 0.228 e. The van der Waals surface area contributed by atoms with Gasteiger partial charge in [-0.15, -0.1) is 0 Å². The first-order valence-electron chi connectivity index (χ1n) is 14.2. The molecule has 2 aliphatic heterocycles. The first-order valence-corrected chi connectivity index (χ1v) is 15.0. The number of carbonyl (C=O) groups excluding carboxylic acids is 1. The zero-order valence-corrected chi connectivity index (χ0v) is 24.6. The number of piperazine rings is 1. The summed E-state index contributed by atoms with van der Waals surface area (Å²) in [6, 6.07) is 8.51. The molecular formula is C30H33FN8O2S. The number of allylic oxidation sites excluding steroid dienone is 1. The SMILES string of the molecule is C=Nc1nn(C2CC2)c(N(C)c2nc(-c3ccc(F)cc3)c(C#N)s2)c1/C=C(\C)N1CCN(C(=O)[C@H]2CCOC2)CC1. The molecule has 1 aromatic carbocycles. The molecule has 12 heteroatoms. The molecule has 0 radical (unpaired) electrons. The molecule has 3 aromatic rings. The molecule has 1 atom stereocenters. The number of anilines is 2. The van der Waals surface area contributed by atoms with E-state index in [1.807, 2.05) is 21.5 Å². The normalized spacial score (nSPS) is 19.2. The van der Waals surface area contributed by atoms with Gasteiger partial charge in [-0.25, -0.2) is 19.0 Å². The maximum atomic E-state index is 13.6. The lowest BCUT2D eigenvalue weighted by molar-refractivity contribution is -0.137. The fourth-order valence-corrected chi connectivity index (χ4v) is 6.42. The second-order valence-electron chi connectivity index (χ2n) is 10.9. The Morgan fingerprint density at radius 3 is 2.55 bits per heavy atom. The van der Waals surface area contributed by atoms with Crippen molar-refractivity contribution < 1.29 is 13.9 Å². The van der Waals surface area contributed by atoms with Crippen LogP contribution < -0.4 is 4.90 Å². The Hall–Kier alpha value is -4.08. The van der Waals surface area contributed by atoms with Gasteiger partial charge < -0.3 is 19.4 Å². The number of halogens is 1. The van der Waals surface area contributed by atoms with Crippen LogP contribution in [0.25, 0.3) is 17.3 Å². The van der Waals surface area contributed by atoms with E-state index in [9.17, 15) is 14.4 Å². The molecule has 218 valence electrons. The Kier molecular flexibility index (Phi) is 7.79. The number of benzene rings is 1. The lowest BCUT2D eigenvalue weighted by Gasteiger charge is -2.37. The summed E-state index contributed by atoms with van der Waals surface area (Å²) in [6.45, 7) is 9.86. The summed E-state index contributed by atoms with van der Waals surface area (Å²) in [4.78, 5) is 28.6. The minimum atomic E-state index is -0.342. The number of ether oxygens (including phenoxy) is 1. The van der Waals surface area contributed by atoms with Crippen molar-refractivity contribution in [2.75, 3.05) is 51.3 Å². The maximum Gasteiger partial charge on any atom is 0.228 e. The maximum absolute atomic E-state index is 13.6.